The van der Waals surface area contributed by atoms with Gasteiger partial charge in [0, 0.05) is 31.6 Å². The second-order valence-corrected chi connectivity index (χ2v) is 8.07. The van der Waals surface area contributed by atoms with Gasteiger partial charge in [-0.1, -0.05) is 53.0 Å². The molecule has 1 unspecified atom stereocenters. The van der Waals surface area contributed by atoms with E-state index in [0.29, 0.717) is 0 Å². The van der Waals surface area contributed by atoms with Crippen LogP contribution in [0.2, 0.25) is 0 Å². The van der Waals surface area contributed by atoms with Gasteiger partial charge in [0.1, 0.15) is 18.0 Å². The van der Waals surface area contributed by atoms with Gasteiger partial charge in [0.05, 0.1) is 6.54 Å². The molecule has 2 heterocycles. The highest BCUT2D eigenvalue weighted by molar-refractivity contribution is 5.86. The van der Waals surface area contributed by atoms with Crippen molar-refractivity contribution >= 4 is 18.4 Å². The van der Waals surface area contributed by atoms with Crippen LogP contribution in [0.5, 0.6) is 0 Å². The molecule has 8 heteroatoms. The second kappa shape index (κ2) is 16.8. The van der Waals surface area contributed by atoms with Crippen molar-refractivity contribution in [3.63, 3.8) is 0 Å². The highest BCUT2D eigenvalue weighted by atomic mass is 19.1. The number of imidazole rings is 1. The number of aliphatic imine (C=N–C) groups is 3. The van der Waals surface area contributed by atoms with Crippen LogP contribution in [0.1, 0.15) is 79.0 Å². The summed E-state index contributed by atoms with van der Waals surface area (Å²) >= 11 is 0. The molecule has 7 nitrogen and oxygen atoms in total. The van der Waals surface area contributed by atoms with Gasteiger partial charge in [0.15, 0.2) is 6.17 Å². The maximum atomic E-state index is 11.8. The van der Waals surface area contributed by atoms with E-state index < -0.39 is 5.95 Å². The Morgan fingerprint density at radius 3 is 2.56 bits per heavy atom. The maximum Gasteiger partial charge on any atom is 0.208 e. The van der Waals surface area contributed by atoms with Crippen LogP contribution in [-0.4, -0.2) is 45.7 Å². The SMILES string of the molecule is C/C=N\C(F)=C/C.C=C(CCC)C1N=C(CC2CCC2)NN1C=NCCn1ccnc1C.CC. The summed E-state index contributed by atoms with van der Waals surface area (Å²) in [6, 6.07) is 0. The van der Waals surface area contributed by atoms with Crippen molar-refractivity contribution in [2.75, 3.05) is 6.54 Å². The first-order valence-corrected chi connectivity index (χ1v) is 12.6. The lowest BCUT2D eigenvalue weighted by atomic mass is 9.83. The third-order valence-electron chi connectivity index (χ3n) is 5.53. The van der Waals surface area contributed by atoms with E-state index in [2.05, 4.69) is 38.5 Å². The molecule has 1 aliphatic carbocycles. The Bertz CT molecular complexity index is 834. The summed E-state index contributed by atoms with van der Waals surface area (Å²) in [4.78, 5) is 17.0. The molecule has 0 spiro atoms. The lowest BCUT2D eigenvalue weighted by Gasteiger charge is -2.26. The lowest BCUT2D eigenvalue weighted by molar-refractivity contribution is 0.317. The first kappa shape index (κ1) is 29.3. The van der Waals surface area contributed by atoms with E-state index in [0.717, 1.165) is 55.5 Å². The standard InChI is InChI=1S/C19H30N6.C5H8FN.C2H6/c1-4-6-15(2)19-22-18(13-17-7-5-8-17)23-25(19)14-20-9-11-24-12-10-21-16(24)3;1-3-5(6)7-4-2;1-2/h10,12,14,17,19H,2,4-9,11,13H2,1,3H3,(H,22,23);3-4H,1-2H3;1-2H3/b;5-3-,7-4-;. The van der Waals surface area contributed by atoms with Crippen LogP contribution in [-0.2, 0) is 6.54 Å². The Morgan fingerprint density at radius 2 is 2.06 bits per heavy atom. The molecule has 1 fully saturated rings. The molecule has 34 heavy (non-hydrogen) atoms. The number of allylic oxidation sites excluding steroid dienone is 1. The van der Waals surface area contributed by atoms with Crippen molar-refractivity contribution in [1.29, 1.82) is 0 Å². The summed E-state index contributed by atoms with van der Waals surface area (Å²) < 4.78 is 13.9. The number of aryl methyl sites for hydroxylation is 1. The summed E-state index contributed by atoms with van der Waals surface area (Å²) in [5, 5.41) is 2.02. The molecule has 3 rings (SSSR count). The smallest absolute Gasteiger partial charge is 0.208 e. The summed E-state index contributed by atoms with van der Waals surface area (Å²) in [6.07, 6.45) is 15.6. The first-order valence-electron chi connectivity index (χ1n) is 12.6. The molecule has 0 aromatic carbocycles. The number of hydrazine groups is 1. The number of amidine groups is 1. The lowest BCUT2D eigenvalue weighted by Crippen LogP contribution is -2.41. The Morgan fingerprint density at radius 1 is 1.32 bits per heavy atom. The molecule has 0 amide bonds. The minimum absolute atomic E-state index is 0.0197. The van der Waals surface area contributed by atoms with Gasteiger partial charge in [0.25, 0.3) is 0 Å². The molecule has 190 valence electrons. The number of halogens is 1. The predicted molar refractivity (Wildman–Crippen MR) is 143 cm³/mol. The molecule has 2 aliphatic rings. The molecule has 1 atom stereocenters. The van der Waals surface area contributed by atoms with E-state index in [9.17, 15) is 4.39 Å². The molecule has 1 aliphatic heterocycles. The largest absolute Gasteiger partial charge is 0.333 e. The normalized spacial score (nSPS) is 18.1. The van der Waals surface area contributed by atoms with Crippen LogP contribution in [0.3, 0.4) is 0 Å². The Hall–Kier alpha value is -2.77. The van der Waals surface area contributed by atoms with Crippen LogP contribution < -0.4 is 5.43 Å². The van der Waals surface area contributed by atoms with Crippen molar-refractivity contribution in [1.82, 2.24) is 20.0 Å². The molecule has 1 N–H and O–H groups in total. The zero-order valence-electron chi connectivity index (χ0n) is 22.0. The molecular formula is C26H44FN7. The minimum atomic E-state index is -0.428. The van der Waals surface area contributed by atoms with Crippen LogP contribution in [0.25, 0.3) is 0 Å². The summed E-state index contributed by atoms with van der Waals surface area (Å²) in [7, 11) is 0. The van der Waals surface area contributed by atoms with Crippen molar-refractivity contribution < 1.29 is 4.39 Å². The van der Waals surface area contributed by atoms with Crippen LogP contribution in [0.15, 0.2) is 51.5 Å². The van der Waals surface area contributed by atoms with Crippen molar-refractivity contribution in [2.24, 2.45) is 20.9 Å². The number of hydrogen-bond donors (Lipinski definition) is 1. The maximum absolute atomic E-state index is 11.8. The zero-order valence-corrected chi connectivity index (χ0v) is 22.0. The Kier molecular flexibility index (Phi) is 14.4. The number of nitrogens with one attached hydrogen (secondary N) is 1. The van der Waals surface area contributed by atoms with Crippen molar-refractivity contribution in [2.45, 2.75) is 92.8 Å². The van der Waals surface area contributed by atoms with E-state index in [4.69, 9.17) is 4.99 Å². The summed E-state index contributed by atoms with van der Waals surface area (Å²) in [5.74, 6) is 2.48. The monoisotopic (exact) mass is 473 g/mol. The molecular weight excluding hydrogens is 429 g/mol. The van der Waals surface area contributed by atoms with Crippen LogP contribution in [0, 0.1) is 12.8 Å². The molecule has 1 aromatic heterocycles. The van der Waals surface area contributed by atoms with E-state index in [-0.39, 0.29) is 6.17 Å². The number of hydrogen-bond acceptors (Lipinski definition) is 5. The van der Waals surface area contributed by atoms with Gasteiger partial charge in [-0.2, -0.15) is 4.39 Å². The highest BCUT2D eigenvalue weighted by Gasteiger charge is 2.28. The van der Waals surface area contributed by atoms with Crippen LogP contribution in [0.4, 0.5) is 4.39 Å². The topological polar surface area (TPSA) is 70.2 Å². The van der Waals surface area contributed by atoms with E-state index >= 15 is 0 Å². The van der Waals surface area contributed by atoms with Crippen LogP contribution >= 0.6 is 0 Å². The number of aromatic nitrogens is 2. The Labute approximate surface area is 205 Å². The molecule has 1 aromatic rings. The minimum Gasteiger partial charge on any atom is -0.333 e. The van der Waals surface area contributed by atoms with Gasteiger partial charge in [-0.25, -0.2) is 20.0 Å². The Balaban J connectivity index is 0.000000553. The van der Waals surface area contributed by atoms with Gasteiger partial charge in [-0.05, 0) is 44.8 Å². The first-order chi connectivity index (χ1) is 16.5. The summed E-state index contributed by atoms with van der Waals surface area (Å²) in [5.41, 5.74) is 4.59. The predicted octanol–water partition coefficient (Wildman–Crippen LogP) is 6.25. The van der Waals surface area contributed by atoms with Gasteiger partial charge in [-0.3, -0.25) is 10.4 Å². The third kappa shape index (κ3) is 10.0. The summed E-state index contributed by atoms with van der Waals surface area (Å²) in [6.45, 7) is 17.3. The fourth-order valence-corrected chi connectivity index (χ4v) is 3.50. The van der Waals surface area contributed by atoms with E-state index in [1.165, 1.54) is 31.6 Å². The fourth-order valence-electron chi connectivity index (χ4n) is 3.50. The van der Waals surface area contributed by atoms with Gasteiger partial charge >= 0.3 is 0 Å². The number of nitrogens with zero attached hydrogens (tertiary/aromatic N) is 6. The van der Waals surface area contributed by atoms with Gasteiger partial charge < -0.3 is 4.57 Å². The molecule has 1 saturated carbocycles. The number of rotatable bonds is 10. The van der Waals surface area contributed by atoms with Crippen molar-refractivity contribution in [3.05, 3.63) is 42.4 Å². The van der Waals surface area contributed by atoms with Gasteiger partial charge in [0.2, 0.25) is 5.95 Å². The third-order valence-corrected chi connectivity index (χ3v) is 5.53. The second-order valence-electron chi connectivity index (χ2n) is 8.07. The fraction of sp³-hybridized carbons (Fsp3) is 0.615. The molecule has 0 bridgehead atoms. The zero-order chi connectivity index (χ0) is 25.3. The van der Waals surface area contributed by atoms with Crippen molar-refractivity contribution in [3.8, 4) is 0 Å². The highest BCUT2D eigenvalue weighted by Crippen LogP contribution is 2.30. The quantitative estimate of drug-likeness (QED) is 0.189. The molecule has 0 saturated heterocycles. The van der Waals surface area contributed by atoms with Gasteiger partial charge in [-0.15, -0.1) is 0 Å². The average molecular weight is 474 g/mol. The molecule has 0 radical (unpaired) electrons. The van der Waals surface area contributed by atoms with E-state index in [1.54, 1.807) is 13.8 Å². The van der Waals surface area contributed by atoms with E-state index in [1.807, 2.05) is 44.5 Å². The average Bonchev–Trinajstić information content (AvgIpc) is 3.41.